The third-order valence-electron chi connectivity index (χ3n) is 5.31. The molecule has 0 fully saturated rings. The highest BCUT2D eigenvalue weighted by Gasteiger charge is 2.27. The van der Waals surface area contributed by atoms with E-state index in [1.165, 1.54) is 12.1 Å². The summed E-state index contributed by atoms with van der Waals surface area (Å²) in [7, 11) is 0. The van der Waals surface area contributed by atoms with Crippen molar-refractivity contribution in [1.29, 1.82) is 0 Å². The number of oxime groups is 1. The number of hydrogen-bond donors (Lipinski definition) is 1. The lowest BCUT2D eigenvalue weighted by Gasteiger charge is -2.27. The number of hydrogen-bond acceptors (Lipinski definition) is 7. The van der Waals surface area contributed by atoms with Gasteiger partial charge in [0.15, 0.2) is 11.5 Å². The van der Waals surface area contributed by atoms with Gasteiger partial charge in [0, 0.05) is 31.6 Å². The van der Waals surface area contributed by atoms with Gasteiger partial charge < -0.3 is 24.2 Å². The number of nitrogens with zero attached hydrogens (tertiary/aromatic N) is 2. The summed E-state index contributed by atoms with van der Waals surface area (Å²) >= 11 is 0. The maximum absolute atomic E-state index is 13.3. The first-order chi connectivity index (χ1) is 15.5. The Labute approximate surface area is 187 Å². The lowest BCUT2D eigenvalue weighted by molar-refractivity contribution is -0.0194. The lowest BCUT2D eigenvalue weighted by Crippen LogP contribution is -2.39. The fourth-order valence-electron chi connectivity index (χ4n) is 3.77. The second-order valence-electron chi connectivity index (χ2n) is 8.39. The monoisotopic (exact) mass is 444 g/mol. The minimum Gasteiger partial charge on any atom is -0.454 e. The first kappa shape index (κ1) is 22.5. The normalized spacial score (nSPS) is 18.2. The van der Waals surface area contributed by atoms with Crippen LogP contribution in [-0.4, -0.2) is 60.5 Å². The number of aliphatic hydroxyl groups excluding tert-OH is 1. The zero-order chi connectivity index (χ0) is 22.5. The van der Waals surface area contributed by atoms with E-state index in [1.54, 1.807) is 12.1 Å². The van der Waals surface area contributed by atoms with Crippen LogP contribution in [0.25, 0.3) is 0 Å². The van der Waals surface area contributed by atoms with Crippen LogP contribution in [0.3, 0.4) is 0 Å². The predicted molar refractivity (Wildman–Crippen MR) is 117 cm³/mol. The second kappa shape index (κ2) is 10.3. The van der Waals surface area contributed by atoms with Crippen LogP contribution in [0.15, 0.2) is 47.6 Å². The summed E-state index contributed by atoms with van der Waals surface area (Å²) in [6, 6.07) is 12.1. The van der Waals surface area contributed by atoms with Crippen molar-refractivity contribution in [3.63, 3.8) is 0 Å². The van der Waals surface area contributed by atoms with Crippen molar-refractivity contribution in [2.75, 3.05) is 26.5 Å². The highest BCUT2D eigenvalue weighted by atomic mass is 19.1. The van der Waals surface area contributed by atoms with Crippen LogP contribution in [0.5, 0.6) is 11.5 Å². The fourth-order valence-corrected chi connectivity index (χ4v) is 3.77. The molecule has 8 heteroatoms. The van der Waals surface area contributed by atoms with E-state index >= 15 is 0 Å². The van der Waals surface area contributed by atoms with E-state index in [4.69, 9.17) is 19.0 Å². The summed E-state index contributed by atoms with van der Waals surface area (Å²) in [4.78, 5) is 7.80. The molecule has 0 amide bonds. The predicted octanol–water partition coefficient (Wildman–Crippen LogP) is 3.34. The van der Waals surface area contributed by atoms with Crippen molar-refractivity contribution >= 4 is 5.71 Å². The molecule has 2 aliphatic rings. The van der Waals surface area contributed by atoms with E-state index in [0.717, 1.165) is 22.6 Å². The van der Waals surface area contributed by atoms with Crippen LogP contribution < -0.4 is 9.47 Å². The topological polar surface area (TPSA) is 72.8 Å². The molecule has 0 radical (unpaired) electrons. The highest BCUT2D eigenvalue weighted by molar-refractivity contribution is 6.01. The average Bonchev–Trinajstić information content (AvgIpc) is 3.42. The molecule has 0 aromatic heterocycles. The van der Waals surface area contributed by atoms with Gasteiger partial charge in [0.2, 0.25) is 6.79 Å². The van der Waals surface area contributed by atoms with Gasteiger partial charge >= 0.3 is 0 Å². The second-order valence-corrected chi connectivity index (χ2v) is 8.39. The molecule has 2 heterocycles. The zero-order valence-corrected chi connectivity index (χ0v) is 18.4. The number of ether oxygens (including phenoxy) is 3. The van der Waals surface area contributed by atoms with Gasteiger partial charge in [0.25, 0.3) is 0 Å². The van der Waals surface area contributed by atoms with Gasteiger partial charge in [0.1, 0.15) is 11.9 Å². The SMILES string of the molecule is CC(C)OC[C@@H](O)CN(Cc1ccc(F)cc1)C[C@H]1CC(c2ccc3c(c2)OCO3)=NO1. The van der Waals surface area contributed by atoms with E-state index in [0.29, 0.717) is 31.8 Å². The van der Waals surface area contributed by atoms with Crippen molar-refractivity contribution in [3.05, 3.63) is 59.4 Å². The lowest BCUT2D eigenvalue weighted by atomic mass is 10.0. The number of fused-ring (bicyclic) bond motifs is 1. The first-order valence-electron chi connectivity index (χ1n) is 10.9. The highest BCUT2D eigenvalue weighted by Crippen LogP contribution is 2.33. The van der Waals surface area contributed by atoms with Crippen LogP contribution in [0, 0.1) is 5.82 Å². The summed E-state index contributed by atoms with van der Waals surface area (Å²) in [5.41, 5.74) is 2.74. The van der Waals surface area contributed by atoms with Crippen LogP contribution in [0.4, 0.5) is 4.39 Å². The van der Waals surface area contributed by atoms with E-state index < -0.39 is 6.10 Å². The summed E-state index contributed by atoms with van der Waals surface area (Å²) in [5, 5.41) is 14.7. The number of aliphatic hydroxyl groups is 1. The van der Waals surface area contributed by atoms with Crippen molar-refractivity contribution in [1.82, 2.24) is 4.90 Å². The van der Waals surface area contributed by atoms with Gasteiger partial charge in [-0.2, -0.15) is 0 Å². The van der Waals surface area contributed by atoms with E-state index in [-0.39, 0.29) is 31.4 Å². The van der Waals surface area contributed by atoms with Gasteiger partial charge in [-0.25, -0.2) is 4.39 Å². The van der Waals surface area contributed by atoms with E-state index in [9.17, 15) is 9.50 Å². The third-order valence-corrected chi connectivity index (χ3v) is 5.31. The molecule has 2 atom stereocenters. The first-order valence-corrected chi connectivity index (χ1v) is 10.9. The Kier molecular flexibility index (Phi) is 7.24. The van der Waals surface area contributed by atoms with Crippen LogP contribution >= 0.6 is 0 Å². The van der Waals surface area contributed by atoms with Gasteiger partial charge in [-0.1, -0.05) is 17.3 Å². The molecule has 7 nitrogen and oxygen atoms in total. The largest absolute Gasteiger partial charge is 0.454 e. The molecule has 0 unspecified atom stereocenters. The molecule has 0 aliphatic carbocycles. The minimum atomic E-state index is -0.645. The molecular weight excluding hydrogens is 415 g/mol. The van der Waals surface area contributed by atoms with Crippen LogP contribution in [-0.2, 0) is 16.1 Å². The molecular formula is C24H29FN2O5. The average molecular weight is 445 g/mol. The standard InChI is InChI=1S/C24H29FN2O5/c1-16(2)29-14-20(28)12-27(11-17-3-6-19(25)7-4-17)13-21-10-22(26-32-21)18-5-8-23-24(9-18)31-15-30-23/h3-9,16,20-21,28H,10-15H2,1-2H3/t20-,21+/m0/s1. The number of halogens is 1. The molecule has 0 saturated heterocycles. The Bertz CT molecular complexity index is 934. The molecule has 1 N–H and O–H groups in total. The molecule has 172 valence electrons. The molecule has 0 saturated carbocycles. The van der Waals surface area contributed by atoms with Crippen molar-refractivity contribution in [2.45, 2.75) is 45.1 Å². The maximum atomic E-state index is 13.3. The Morgan fingerprint density at radius 2 is 1.94 bits per heavy atom. The van der Waals surface area contributed by atoms with Crippen molar-refractivity contribution in [2.24, 2.45) is 5.16 Å². The zero-order valence-electron chi connectivity index (χ0n) is 18.4. The fraction of sp³-hybridized carbons (Fsp3) is 0.458. The molecule has 2 aromatic rings. The summed E-state index contributed by atoms with van der Waals surface area (Å²) in [5.74, 6) is 1.17. The molecule has 0 bridgehead atoms. The smallest absolute Gasteiger partial charge is 0.231 e. The van der Waals surface area contributed by atoms with Crippen molar-refractivity contribution in [3.8, 4) is 11.5 Å². The third kappa shape index (κ3) is 5.97. The summed E-state index contributed by atoms with van der Waals surface area (Å²) < 4.78 is 29.7. The van der Waals surface area contributed by atoms with E-state index in [1.807, 2.05) is 32.0 Å². The molecule has 2 aliphatic heterocycles. The summed E-state index contributed by atoms with van der Waals surface area (Å²) in [6.07, 6.45) is -0.119. The minimum absolute atomic E-state index is 0.0472. The Balaban J connectivity index is 1.38. The Hall–Kier alpha value is -2.68. The molecule has 0 spiro atoms. The van der Waals surface area contributed by atoms with Crippen molar-refractivity contribution < 1.29 is 28.5 Å². The van der Waals surface area contributed by atoms with Gasteiger partial charge in [-0.05, 0) is 49.7 Å². The quantitative estimate of drug-likeness (QED) is 0.606. The van der Waals surface area contributed by atoms with Gasteiger partial charge in [-0.3, -0.25) is 4.90 Å². The van der Waals surface area contributed by atoms with Gasteiger partial charge in [-0.15, -0.1) is 0 Å². The van der Waals surface area contributed by atoms with E-state index in [2.05, 4.69) is 10.1 Å². The number of rotatable bonds is 10. The van der Waals surface area contributed by atoms with Crippen LogP contribution in [0.1, 0.15) is 31.4 Å². The number of benzene rings is 2. The van der Waals surface area contributed by atoms with Crippen LogP contribution in [0.2, 0.25) is 0 Å². The molecule has 2 aromatic carbocycles. The Morgan fingerprint density at radius 3 is 2.72 bits per heavy atom. The summed E-state index contributed by atoms with van der Waals surface area (Å²) in [6.45, 7) is 5.87. The Morgan fingerprint density at radius 1 is 1.16 bits per heavy atom. The van der Waals surface area contributed by atoms with Gasteiger partial charge in [0.05, 0.1) is 24.5 Å². The maximum Gasteiger partial charge on any atom is 0.231 e. The molecule has 32 heavy (non-hydrogen) atoms. The molecule has 4 rings (SSSR count).